The average Bonchev–Trinajstić information content (AvgIpc) is 3.27. The fourth-order valence-corrected chi connectivity index (χ4v) is 4.11. The minimum absolute atomic E-state index is 0.0582. The fraction of sp³-hybridized carbons (Fsp3) is 0.208. The summed E-state index contributed by atoms with van der Waals surface area (Å²) in [7, 11) is 0. The molecule has 2 N–H and O–H groups in total. The minimum Gasteiger partial charge on any atom is -0.492 e. The zero-order valence-corrected chi connectivity index (χ0v) is 17.0. The number of nitrogens with zero attached hydrogens (tertiary/aromatic N) is 2. The Kier molecular flexibility index (Phi) is 4.19. The van der Waals surface area contributed by atoms with E-state index in [9.17, 15) is 14.4 Å². The summed E-state index contributed by atoms with van der Waals surface area (Å²) in [6, 6.07) is 13.8. The van der Waals surface area contributed by atoms with E-state index < -0.39 is 5.82 Å². The summed E-state index contributed by atoms with van der Waals surface area (Å²) in [5, 5.41) is 15.5. The molecular formula is C24H19FN4O2. The largest absolute Gasteiger partial charge is 0.492 e. The van der Waals surface area contributed by atoms with Gasteiger partial charge in [0, 0.05) is 22.7 Å². The van der Waals surface area contributed by atoms with Crippen LogP contribution < -0.4 is 15.4 Å². The van der Waals surface area contributed by atoms with E-state index in [1.165, 1.54) is 12.1 Å². The minimum atomic E-state index is -0.539. The summed E-state index contributed by atoms with van der Waals surface area (Å²) in [4.78, 5) is 16.9. The molecule has 0 aliphatic carbocycles. The first kappa shape index (κ1) is 19.1. The van der Waals surface area contributed by atoms with E-state index in [4.69, 9.17) is 4.74 Å². The molecule has 5 rings (SSSR count). The van der Waals surface area contributed by atoms with Crippen LogP contribution in [0.4, 0.5) is 15.8 Å². The van der Waals surface area contributed by atoms with Crippen molar-refractivity contribution in [1.82, 2.24) is 10.3 Å². The lowest BCUT2D eigenvalue weighted by Gasteiger charge is -2.16. The second-order valence-electron chi connectivity index (χ2n) is 8.34. The summed E-state index contributed by atoms with van der Waals surface area (Å²) in [5.74, 6) is 0.0123. The number of pyridine rings is 1. The molecule has 7 heteroatoms. The number of rotatable bonds is 3. The number of hydrogen-bond donors (Lipinski definition) is 2. The Morgan fingerprint density at radius 2 is 2.06 bits per heavy atom. The number of aromatic nitrogens is 1. The van der Waals surface area contributed by atoms with Crippen LogP contribution in [0.2, 0.25) is 0 Å². The molecule has 0 unspecified atom stereocenters. The van der Waals surface area contributed by atoms with Crippen molar-refractivity contribution in [3.05, 3.63) is 70.7 Å². The predicted molar refractivity (Wildman–Crippen MR) is 114 cm³/mol. The van der Waals surface area contributed by atoms with Crippen LogP contribution in [0.3, 0.4) is 0 Å². The summed E-state index contributed by atoms with van der Waals surface area (Å²) >= 11 is 0. The number of nitriles is 1. The Morgan fingerprint density at radius 3 is 2.87 bits per heavy atom. The maximum atomic E-state index is 14.6. The fourth-order valence-electron chi connectivity index (χ4n) is 4.11. The van der Waals surface area contributed by atoms with Gasteiger partial charge in [-0.25, -0.2) is 9.37 Å². The van der Waals surface area contributed by atoms with Crippen molar-refractivity contribution >= 4 is 17.3 Å². The predicted octanol–water partition coefficient (Wildman–Crippen LogP) is 4.42. The summed E-state index contributed by atoms with van der Waals surface area (Å²) < 4.78 is 20.4. The maximum Gasteiger partial charge on any atom is 0.255 e. The molecule has 6 nitrogen and oxygen atoms in total. The standard InChI is InChI=1S/C24H19FN4O2/c1-24(2)12-31-20-8-14(6-7-15(20)24)28-18-9-17(29-19-11-27-23(30)22(18)19)21-13(10-26)4-3-5-16(21)25/h3-9H,11-12H2,1-2H3,(H,27,30)(H,28,29). The molecular weight excluding hydrogens is 395 g/mol. The Bertz CT molecular complexity index is 1290. The smallest absolute Gasteiger partial charge is 0.255 e. The molecule has 1 amide bonds. The second kappa shape index (κ2) is 6.81. The Labute approximate surface area is 178 Å². The molecule has 0 saturated heterocycles. The molecule has 0 spiro atoms. The third-order valence-electron chi connectivity index (χ3n) is 5.71. The van der Waals surface area contributed by atoms with Crippen molar-refractivity contribution < 1.29 is 13.9 Å². The molecule has 2 aliphatic heterocycles. The molecule has 154 valence electrons. The highest BCUT2D eigenvalue weighted by Gasteiger charge is 2.32. The first-order chi connectivity index (χ1) is 14.9. The van der Waals surface area contributed by atoms with Gasteiger partial charge in [-0.15, -0.1) is 0 Å². The van der Waals surface area contributed by atoms with Crippen molar-refractivity contribution in [3.63, 3.8) is 0 Å². The number of carbonyl (C=O) groups excluding carboxylic acids is 1. The molecule has 31 heavy (non-hydrogen) atoms. The highest BCUT2D eigenvalue weighted by molar-refractivity contribution is 6.04. The van der Waals surface area contributed by atoms with Crippen molar-refractivity contribution in [3.8, 4) is 23.1 Å². The van der Waals surface area contributed by atoms with Crippen molar-refractivity contribution in [2.24, 2.45) is 0 Å². The monoisotopic (exact) mass is 414 g/mol. The molecule has 2 aromatic carbocycles. The van der Waals surface area contributed by atoms with Crippen LogP contribution in [-0.2, 0) is 12.0 Å². The molecule has 0 atom stereocenters. The van der Waals surface area contributed by atoms with Crippen molar-refractivity contribution in [1.29, 1.82) is 5.26 Å². The van der Waals surface area contributed by atoms with Gasteiger partial charge in [0.05, 0.1) is 53.0 Å². The normalized spacial score (nSPS) is 15.5. The van der Waals surface area contributed by atoms with E-state index in [1.54, 1.807) is 12.1 Å². The van der Waals surface area contributed by atoms with Crippen LogP contribution in [0.5, 0.6) is 5.75 Å². The molecule has 0 bridgehead atoms. The van der Waals surface area contributed by atoms with Crippen LogP contribution in [0.15, 0.2) is 42.5 Å². The van der Waals surface area contributed by atoms with Gasteiger partial charge in [0.2, 0.25) is 0 Å². The van der Waals surface area contributed by atoms with Gasteiger partial charge < -0.3 is 15.4 Å². The van der Waals surface area contributed by atoms with E-state index in [1.807, 2.05) is 24.3 Å². The number of benzene rings is 2. The molecule has 3 heterocycles. The van der Waals surface area contributed by atoms with Crippen molar-refractivity contribution in [2.75, 3.05) is 11.9 Å². The van der Waals surface area contributed by atoms with Crippen LogP contribution in [0.25, 0.3) is 11.3 Å². The zero-order chi connectivity index (χ0) is 21.8. The third-order valence-corrected chi connectivity index (χ3v) is 5.71. The van der Waals surface area contributed by atoms with Crippen LogP contribution >= 0.6 is 0 Å². The first-order valence-corrected chi connectivity index (χ1v) is 9.93. The molecule has 0 saturated carbocycles. The van der Waals surface area contributed by atoms with Gasteiger partial charge in [0.15, 0.2) is 0 Å². The van der Waals surface area contributed by atoms with Gasteiger partial charge in [-0.2, -0.15) is 5.26 Å². The van der Waals surface area contributed by atoms with Gasteiger partial charge >= 0.3 is 0 Å². The average molecular weight is 414 g/mol. The molecule has 2 aliphatic rings. The maximum absolute atomic E-state index is 14.6. The molecule has 3 aromatic rings. The number of amides is 1. The Hall–Kier alpha value is -3.92. The number of fused-ring (bicyclic) bond motifs is 2. The van der Waals surface area contributed by atoms with E-state index in [2.05, 4.69) is 29.5 Å². The highest BCUT2D eigenvalue weighted by atomic mass is 19.1. The van der Waals surface area contributed by atoms with Crippen LogP contribution in [-0.4, -0.2) is 17.5 Å². The third kappa shape index (κ3) is 3.08. The van der Waals surface area contributed by atoms with Gasteiger partial charge in [0.25, 0.3) is 5.91 Å². The summed E-state index contributed by atoms with van der Waals surface area (Å²) in [6.45, 7) is 5.10. The molecule has 0 fully saturated rings. The van der Waals surface area contributed by atoms with Crippen molar-refractivity contribution in [2.45, 2.75) is 25.8 Å². The SMILES string of the molecule is CC1(C)COc2cc(Nc3cc(-c4c(F)cccc4C#N)nc4c3C(=O)NC4)ccc21. The van der Waals surface area contributed by atoms with E-state index >= 15 is 0 Å². The molecule has 1 aromatic heterocycles. The summed E-state index contributed by atoms with van der Waals surface area (Å²) in [6.07, 6.45) is 0. The quantitative estimate of drug-likeness (QED) is 0.663. The van der Waals surface area contributed by atoms with Gasteiger partial charge in [0.1, 0.15) is 11.6 Å². The lowest BCUT2D eigenvalue weighted by atomic mass is 9.87. The number of nitrogens with one attached hydrogen (secondary N) is 2. The van der Waals surface area contributed by atoms with Gasteiger partial charge in [-0.05, 0) is 24.3 Å². The number of carbonyl (C=O) groups is 1. The topological polar surface area (TPSA) is 87.0 Å². The molecule has 0 radical (unpaired) electrons. The van der Waals surface area contributed by atoms with Crippen LogP contribution in [0, 0.1) is 17.1 Å². The lowest BCUT2D eigenvalue weighted by molar-refractivity contribution is 0.0966. The number of hydrogen-bond acceptors (Lipinski definition) is 5. The van der Waals surface area contributed by atoms with Gasteiger partial charge in [-0.1, -0.05) is 26.0 Å². The zero-order valence-electron chi connectivity index (χ0n) is 17.0. The highest BCUT2D eigenvalue weighted by Crippen LogP contribution is 2.41. The van der Waals surface area contributed by atoms with E-state index in [0.29, 0.717) is 29.2 Å². The Morgan fingerprint density at radius 1 is 1.23 bits per heavy atom. The second-order valence-corrected chi connectivity index (χ2v) is 8.34. The van der Waals surface area contributed by atoms with E-state index in [-0.39, 0.29) is 29.0 Å². The number of halogens is 1. The van der Waals surface area contributed by atoms with E-state index in [0.717, 1.165) is 17.0 Å². The number of ether oxygens (including phenoxy) is 1. The Balaban J connectivity index is 1.62. The lowest BCUT2D eigenvalue weighted by Crippen LogP contribution is -2.18. The van der Waals surface area contributed by atoms with Gasteiger partial charge in [-0.3, -0.25) is 4.79 Å². The first-order valence-electron chi connectivity index (χ1n) is 9.93. The number of anilines is 2. The summed E-state index contributed by atoms with van der Waals surface area (Å²) in [5.41, 5.74) is 3.84. The van der Waals surface area contributed by atoms with Crippen LogP contribution in [0.1, 0.15) is 41.0 Å².